The third-order valence-electron chi connectivity index (χ3n) is 6.53. The molecule has 1 unspecified atom stereocenters. The number of halogens is 1. The highest BCUT2D eigenvalue weighted by Gasteiger charge is 2.30. The van der Waals surface area contributed by atoms with E-state index in [0.29, 0.717) is 30.1 Å². The normalized spacial score (nSPS) is 12.0. The second-order valence-corrected chi connectivity index (χ2v) is 12.4. The largest absolute Gasteiger partial charge is 0.355 e. The van der Waals surface area contributed by atoms with Crippen molar-refractivity contribution in [2.45, 2.75) is 52.6 Å². The number of carbonyl (C=O) groups excluding carboxylic acids is 2. The summed E-state index contributed by atoms with van der Waals surface area (Å²) in [5, 5.41) is 3.46. The second kappa shape index (κ2) is 14.3. The second-order valence-electron chi connectivity index (χ2n) is 10.0. The Morgan fingerprint density at radius 3 is 2.12 bits per heavy atom. The predicted molar refractivity (Wildman–Crippen MR) is 162 cm³/mol. The third kappa shape index (κ3) is 9.10. The number of aryl methyl sites for hydroxylation is 2. The first-order valence-electron chi connectivity index (χ1n) is 13.4. The van der Waals surface area contributed by atoms with Crippen LogP contribution in [0.15, 0.2) is 72.8 Å². The fourth-order valence-corrected chi connectivity index (χ4v) is 5.81. The van der Waals surface area contributed by atoms with Crippen molar-refractivity contribution in [1.82, 2.24) is 10.2 Å². The number of likely N-dealkylation sites (N-methyl/N-ethyl adjacent to an activating group) is 1. The van der Waals surface area contributed by atoms with Crippen LogP contribution < -0.4 is 9.62 Å². The molecule has 0 aliphatic heterocycles. The van der Waals surface area contributed by atoms with Gasteiger partial charge in [-0.3, -0.25) is 13.9 Å². The molecule has 7 nitrogen and oxygen atoms in total. The molecule has 0 radical (unpaired) electrons. The van der Waals surface area contributed by atoms with Crippen molar-refractivity contribution in [1.29, 1.82) is 0 Å². The Morgan fingerprint density at radius 1 is 0.925 bits per heavy atom. The Labute approximate surface area is 243 Å². The zero-order chi connectivity index (χ0) is 29.3. The molecule has 0 spiro atoms. The minimum Gasteiger partial charge on any atom is -0.355 e. The molecule has 0 aliphatic carbocycles. The number of rotatable bonds is 13. The van der Waals surface area contributed by atoms with Crippen LogP contribution in [0.1, 0.15) is 42.0 Å². The van der Waals surface area contributed by atoms with Crippen molar-refractivity contribution in [2.75, 3.05) is 23.7 Å². The van der Waals surface area contributed by atoms with Gasteiger partial charge in [0.05, 0.1) is 11.9 Å². The van der Waals surface area contributed by atoms with Gasteiger partial charge in [0.2, 0.25) is 21.8 Å². The van der Waals surface area contributed by atoms with Crippen molar-refractivity contribution >= 4 is 39.1 Å². The molecule has 9 heteroatoms. The highest BCUT2D eigenvalue weighted by molar-refractivity contribution is 7.92. The number of nitrogens with one attached hydrogen (secondary N) is 1. The average molecular weight is 584 g/mol. The van der Waals surface area contributed by atoms with Gasteiger partial charge < -0.3 is 10.2 Å². The zero-order valence-electron chi connectivity index (χ0n) is 23.6. The molecule has 0 aliphatic rings. The van der Waals surface area contributed by atoms with Crippen molar-refractivity contribution in [3.63, 3.8) is 0 Å². The summed E-state index contributed by atoms with van der Waals surface area (Å²) in [5.41, 5.74) is 4.27. The molecule has 2 amide bonds. The lowest BCUT2D eigenvalue weighted by Gasteiger charge is -2.32. The molecule has 0 aromatic heterocycles. The van der Waals surface area contributed by atoms with E-state index in [4.69, 9.17) is 11.6 Å². The Morgan fingerprint density at radius 2 is 1.55 bits per heavy atom. The summed E-state index contributed by atoms with van der Waals surface area (Å²) < 4.78 is 26.7. The van der Waals surface area contributed by atoms with Crippen LogP contribution in [-0.4, -0.2) is 50.5 Å². The number of benzene rings is 3. The van der Waals surface area contributed by atoms with E-state index in [1.807, 2.05) is 81.4 Å². The Hall–Kier alpha value is -3.36. The molecular formula is C31H38ClN3O4S. The maximum atomic E-state index is 13.8. The van der Waals surface area contributed by atoms with Crippen LogP contribution in [0.4, 0.5) is 5.69 Å². The van der Waals surface area contributed by atoms with Crippen LogP contribution in [0.5, 0.6) is 0 Å². The van der Waals surface area contributed by atoms with E-state index in [0.717, 1.165) is 22.3 Å². The van der Waals surface area contributed by atoms with Crippen LogP contribution in [0.25, 0.3) is 0 Å². The molecule has 0 saturated carbocycles. The number of hydrogen-bond acceptors (Lipinski definition) is 4. The standard InChI is InChI=1S/C31H38ClN3O4S/c1-5-33-31(37)29(21-25-10-7-6-8-11-25)34(22-26-13-15-27(32)16-14-26)30(36)12-9-17-35(40(4,38)39)28-19-23(2)18-24(3)20-28/h6-8,10-11,13-16,18-20,29H,5,9,12,17,21-22H2,1-4H3,(H,33,37). The molecule has 0 heterocycles. The highest BCUT2D eigenvalue weighted by atomic mass is 35.5. The van der Waals surface area contributed by atoms with Crippen LogP contribution in [-0.2, 0) is 32.6 Å². The zero-order valence-corrected chi connectivity index (χ0v) is 25.1. The lowest BCUT2D eigenvalue weighted by atomic mass is 10.0. The Kier molecular flexibility index (Phi) is 11.2. The van der Waals surface area contributed by atoms with Gasteiger partial charge in [-0.15, -0.1) is 0 Å². The summed E-state index contributed by atoms with van der Waals surface area (Å²) in [4.78, 5) is 28.7. The predicted octanol–water partition coefficient (Wildman–Crippen LogP) is 5.28. The first-order chi connectivity index (χ1) is 19.0. The van der Waals surface area contributed by atoms with Crippen LogP contribution >= 0.6 is 11.6 Å². The van der Waals surface area contributed by atoms with Crippen LogP contribution in [0.2, 0.25) is 5.02 Å². The molecule has 3 aromatic rings. The van der Waals surface area contributed by atoms with E-state index in [1.165, 1.54) is 10.6 Å². The van der Waals surface area contributed by atoms with E-state index < -0.39 is 16.1 Å². The molecule has 1 N–H and O–H groups in total. The van der Waals surface area contributed by atoms with Gasteiger partial charge in [-0.1, -0.05) is 60.1 Å². The summed E-state index contributed by atoms with van der Waals surface area (Å²) in [6.07, 6.45) is 1.90. The maximum absolute atomic E-state index is 13.8. The minimum atomic E-state index is -3.57. The van der Waals surface area contributed by atoms with Crippen LogP contribution in [0, 0.1) is 13.8 Å². The molecule has 3 aromatic carbocycles. The van der Waals surface area contributed by atoms with Crippen LogP contribution in [0.3, 0.4) is 0 Å². The number of hydrogen-bond donors (Lipinski definition) is 1. The first kappa shape index (κ1) is 31.2. The fraction of sp³-hybridized carbons (Fsp3) is 0.355. The van der Waals surface area contributed by atoms with Gasteiger partial charge in [0.25, 0.3) is 0 Å². The minimum absolute atomic E-state index is 0.0785. The molecular weight excluding hydrogens is 546 g/mol. The SMILES string of the molecule is CCNC(=O)C(Cc1ccccc1)N(Cc1ccc(Cl)cc1)C(=O)CCCN(c1cc(C)cc(C)c1)S(C)(=O)=O. The molecule has 40 heavy (non-hydrogen) atoms. The topological polar surface area (TPSA) is 86.8 Å². The summed E-state index contributed by atoms with van der Waals surface area (Å²) in [5.74, 6) is -0.460. The van der Waals surface area contributed by atoms with Crippen molar-refractivity contribution < 1.29 is 18.0 Å². The van der Waals surface area contributed by atoms with Crippen molar-refractivity contribution in [2.24, 2.45) is 0 Å². The molecule has 3 rings (SSSR count). The fourth-order valence-electron chi connectivity index (χ4n) is 4.73. The van der Waals surface area contributed by atoms with E-state index in [-0.39, 0.29) is 31.3 Å². The summed E-state index contributed by atoms with van der Waals surface area (Å²) in [6, 6.07) is 21.7. The lowest BCUT2D eigenvalue weighted by Crippen LogP contribution is -2.50. The quantitative estimate of drug-likeness (QED) is 0.297. The summed E-state index contributed by atoms with van der Waals surface area (Å²) in [6.45, 7) is 6.49. The smallest absolute Gasteiger partial charge is 0.243 e. The first-order valence-corrected chi connectivity index (χ1v) is 15.6. The third-order valence-corrected chi connectivity index (χ3v) is 7.98. The van der Waals surface area contributed by atoms with Gasteiger partial charge >= 0.3 is 0 Å². The monoisotopic (exact) mass is 583 g/mol. The summed E-state index contributed by atoms with van der Waals surface area (Å²) in [7, 11) is -3.57. The summed E-state index contributed by atoms with van der Waals surface area (Å²) >= 11 is 6.08. The Balaban J connectivity index is 1.87. The number of nitrogens with zero attached hydrogens (tertiary/aromatic N) is 2. The molecule has 0 saturated heterocycles. The van der Waals surface area contributed by atoms with Gasteiger partial charge in [0.15, 0.2) is 0 Å². The average Bonchev–Trinajstić information content (AvgIpc) is 2.89. The van der Waals surface area contributed by atoms with E-state index in [9.17, 15) is 18.0 Å². The van der Waals surface area contributed by atoms with Gasteiger partial charge in [-0.25, -0.2) is 8.42 Å². The Bertz CT molecular complexity index is 1380. The van der Waals surface area contributed by atoms with Gasteiger partial charge in [-0.05, 0) is 73.7 Å². The molecule has 0 fully saturated rings. The van der Waals surface area contributed by atoms with Gasteiger partial charge in [0, 0.05) is 37.5 Å². The lowest BCUT2D eigenvalue weighted by molar-refractivity contribution is -0.141. The number of amides is 2. The molecule has 1 atom stereocenters. The van der Waals surface area contributed by atoms with Crippen molar-refractivity contribution in [3.8, 4) is 0 Å². The molecule has 214 valence electrons. The van der Waals surface area contributed by atoms with Crippen molar-refractivity contribution in [3.05, 3.63) is 100 Å². The van der Waals surface area contributed by atoms with Gasteiger partial charge in [-0.2, -0.15) is 0 Å². The highest BCUT2D eigenvalue weighted by Crippen LogP contribution is 2.23. The van der Waals surface area contributed by atoms with E-state index >= 15 is 0 Å². The maximum Gasteiger partial charge on any atom is 0.243 e. The van der Waals surface area contributed by atoms with E-state index in [1.54, 1.807) is 17.0 Å². The van der Waals surface area contributed by atoms with Gasteiger partial charge in [0.1, 0.15) is 6.04 Å². The number of anilines is 1. The van der Waals surface area contributed by atoms with E-state index in [2.05, 4.69) is 5.32 Å². The number of sulfonamides is 1. The number of carbonyl (C=O) groups is 2. The molecule has 0 bridgehead atoms.